The van der Waals surface area contributed by atoms with E-state index in [4.69, 9.17) is 5.73 Å². The monoisotopic (exact) mass is 330 g/mol. The van der Waals surface area contributed by atoms with Crippen molar-refractivity contribution in [2.24, 2.45) is 11.7 Å². The molecular weight excluding hydrogens is 300 g/mol. The highest BCUT2D eigenvalue weighted by atomic mass is 16.2. The zero-order valence-corrected chi connectivity index (χ0v) is 14.7. The molecule has 3 rings (SSSR count). The van der Waals surface area contributed by atoms with Crippen LogP contribution in [0.4, 0.5) is 0 Å². The number of hydrogen-bond acceptors (Lipinski definition) is 4. The number of nitrogens with two attached hydrogens (primary N) is 1. The lowest BCUT2D eigenvalue weighted by Gasteiger charge is -2.38. The lowest BCUT2D eigenvalue weighted by Crippen LogP contribution is -2.51. The van der Waals surface area contributed by atoms with Crippen molar-refractivity contribution in [3.8, 4) is 0 Å². The van der Waals surface area contributed by atoms with Gasteiger partial charge in [0.05, 0.1) is 0 Å². The molecule has 1 aliphatic carbocycles. The van der Waals surface area contributed by atoms with Crippen LogP contribution in [0, 0.1) is 5.92 Å². The fourth-order valence-electron chi connectivity index (χ4n) is 4.01. The SMILES string of the molecule is CN1CCN(C(C(=O)NC2CCCC2CN)c2ccccc2)CC1. The quantitative estimate of drug-likeness (QED) is 0.852. The van der Waals surface area contributed by atoms with E-state index in [1.165, 1.54) is 0 Å². The molecule has 0 spiro atoms. The number of nitrogens with one attached hydrogen (secondary N) is 1. The minimum atomic E-state index is -0.195. The molecule has 1 aromatic carbocycles. The average Bonchev–Trinajstić information content (AvgIpc) is 3.05. The molecule has 1 aliphatic heterocycles. The number of likely N-dealkylation sites (N-methyl/N-ethyl adjacent to an activating group) is 1. The van der Waals surface area contributed by atoms with Crippen molar-refractivity contribution >= 4 is 5.91 Å². The lowest BCUT2D eigenvalue weighted by atomic mass is 10.0. The fourth-order valence-corrected chi connectivity index (χ4v) is 4.01. The summed E-state index contributed by atoms with van der Waals surface area (Å²) in [5.41, 5.74) is 6.96. The van der Waals surface area contributed by atoms with Crippen molar-refractivity contribution in [2.75, 3.05) is 39.8 Å². The van der Waals surface area contributed by atoms with Gasteiger partial charge in [0, 0.05) is 32.2 Å². The van der Waals surface area contributed by atoms with E-state index in [1.807, 2.05) is 18.2 Å². The molecule has 1 amide bonds. The summed E-state index contributed by atoms with van der Waals surface area (Å²) in [4.78, 5) is 17.8. The highest BCUT2D eigenvalue weighted by Crippen LogP contribution is 2.27. The molecule has 132 valence electrons. The van der Waals surface area contributed by atoms with E-state index >= 15 is 0 Å². The number of rotatable bonds is 5. The summed E-state index contributed by atoms with van der Waals surface area (Å²) in [6.07, 6.45) is 3.35. The number of nitrogens with zero attached hydrogens (tertiary/aromatic N) is 2. The first-order valence-corrected chi connectivity index (χ1v) is 9.17. The summed E-state index contributed by atoms with van der Waals surface area (Å²) in [7, 11) is 2.14. The van der Waals surface area contributed by atoms with Gasteiger partial charge in [-0.15, -0.1) is 0 Å². The average molecular weight is 330 g/mol. The van der Waals surface area contributed by atoms with Crippen LogP contribution >= 0.6 is 0 Å². The molecule has 1 aromatic rings. The minimum Gasteiger partial charge on any atom is -0.351 e. The third-order valence-corrected chi connectivity index (χ3v) is 5.56. The van der Waals surface area contributed by atoms with Crippen LogP contribution in [-0.2, 0) is 4.79 Å². The Morgan fingerprint density at radius 2 is 1.92 bits per heavy atom. The van der Waals surface area contributed by atoms with Crippen LogP contribution in [0.1, 0.15) is 30.9 Å². The van der Waals surface area contributed by atoms with Crippen LogP contribution in [0.15, 0.2) is 30.3 Å². The summed E-state index contributed by atoms with van der Waals surface area (Å²) in [5.74, 6) is 0.564. The van der Waals surface area contributed by atoms with Gasteiger partial charge in [0.2, 0.25) is 5.91 Å². The van der Waals surface area contributed by atoms with Gasteiger partial charge in [-0.05, 0) is 37.9 Å². The minimum absolute atomic E-state index is 0.135. The number of amides is 1. The maximum Gasteiger partial charge on any atom is 0.242 e. The number of benzene rings is 1. The molecule has 2 aliphatic rings. The molecule has 1 saturated carbocycles. The van der Waals surface area contributed by atoms with Crippen LogP contribution in [0.3, 0.4) is 0 Å². The van der Waals surface area contributed by atoms with Gasteiger partial charge in [-0.3, -0.25) is 9.69 Å². The van der Waals surface area contributed by atoms with Gasteiger partial charge in [0.15, 0.2) is 0 Å². The Labute approximate surface area is 145 Å². The molecular formula is C19H30N4O. The second-order valence-corrected chi connectivity index (χ2v) is 7.19. The summed E-state index contributed by atoms with van der Waals surface area (Å²) in [6.45, 7) is 4.52. The van der Waals surface area contributed by atoms with Crippen molar-refractivity contribution in [2.45, 2.75) is 31.3 Å². The lowest BCUT2D eigenvalue weighted by molar-refractivity contribution is -0.128. The van der Waals surface area contributed by atoms with Gasteiger partial charge in [-0.25, -0.2) is 0 Å². The maximum atomic E-state index is 13.1. The molecule has 2 fully saturated rings. The van der Waals surface area contributed by atoms with Crippen LogP contribution in [-0.4, -0.2) is 61.5 Å². The Bertz CT molecular complexity index is 527. The predicted molar refractivity (Wildman–Crippen MR) is 96.6 cm³/mol. The Balaban J connectivity index is 1.75. The topological polar surface area (TPSA) is 61.6 Å². The summed E-state index contributed by atoms with van der Waals surface area (Å²) in [6, 6.07) is 10.2. The molecule has 1 saturated heterocycles. The second kappa shape index (κ2) is 8.10. The van der Waals surface area contributed by atoms with Crippen LogP contribution in [0.2, 0.25) is 0 Å². The molecule has 3 N–H and O–H groups in total. The van der Waals surface area contributed by atoms with Crippen LogP contribution in [0.5, 0.6) is 0 Å². The zero-order chi connectivity index (χ0) is 16.9. The Hall–Kier alpha value is -1.43. The summed E-state index contributed by atoms with van der Waals surface area (Å²) < 4.78 is 0. The smallest absolute Gasteiger partial charge is 0.242 e. The Kier molecular flexibility index (Phi) is 5.87. The van der Waals surface area contributed by atoms with Gasteiger partial charge in [-0.1, -0.05) is 36.8 Å². The standard InChI is InChI=1S/C19H30N4O/c1-22-10-12-23(13-11-22)18(15-6-3-2-4-7-15)19(24)21-17-9-5-8-16(17)14-20/h2-4,6-7,16-18H,5,8-14,20H2,1H3,(H,21,24). The fraction of sp³-hybridized carbons (Fsp3) is 0.632. The van der Waals surface area contributed by atoms with Gasteiger partial charge in [0.1, 0.15) is 6.04 Å². The molecule has 5 heteroatoms. The second-order valence-electron chi connectivity index (χ2n) is 7.19. The summed E-state index contributed by atoms with van der Waals surface area (Å²) >= 11 is 0. The van der Waals surface area contributed by atoms with Gasteiger partial charge >= 0.3 is 0 Å². The molecule has 3 atom stereocenters. The van der Waals surface area contributed by atoms with E-state index in [0.29, 0.717) is 12.5 Å². The first-order valence-electron chi connectivity index (χ1n) is 9.17. The van der Waals surface area contributed by atoms with Crippen molar-refractivity contribution in [1.29, 1.82) is 0 Å². The molecule has 24 heavy (non-hydrogen) atoms. The number of piperazine rings is 1. The first kappa shape index (κ1) is 17.4. The molecule has 1 heterocycles. The largest absolute Gasteiger partial charge is 0.351 e. The predicted octanol–water partition coefficient (Wildman–Crippen LogP) is 1.22. The van der Waals surface area contributed by atoms with E-state index in [2.05, 4.69) is 34.3 Å². The molecule has 5 nitrogen and oxygen atoms in total. The third kappa shape index (κ3) is 3.97. The van der Waals surface area contributed by atoms with E-state index in [1.54, 1.807) is 0 Å². The van der Waals surface area contributed by atoms with Crippen molar-refractivity contribution in [1.82, 2.24) is 15.1 Å². The molecule has 3 unspecified atom stereocenters. The molecule has 0 radical (unpaired) electrons. The van der Waals surface area contributed by atoms with E-state index in [9.17, 15) is 4.79 Å². The van der Waals surface area contributed by atoms with E-state index in [0.717, 1.165) is 51.0 Å². The number of carbonyl (C=O) groups excluding carboxylic acids is 1. The van der Waals surface area contributed by atoms with Crippen molar-refractivity contribution < 1.29 is 4.79 Å². The summed E-state index contributed by atoms with van der Waals surface area (Å²) in [5, 5.41) is 3.31. The highest BCUT2D eigenvalue weighted by molar-refractivity contribution is 5.83. The van der Waals surface area contributed by atoms with Crippen molar-refractivity contribution in [3.05, 3.63) is 35.9 Å². The van der Waals surface area contributed by atoms with Gasteiger partial charge in [-0.2, -0.15) is 0 Å². The Morgan fingerprint density at radius 1 is 1.21 bits per heavy atom. The van der Waals surface area contributed by atoms with Crippen LogP contribution in [0.25, 0.3) is 0 Å². The Morgan fingerprint density at radius 3 is 2.58 bits per heavy atom. The zero-order valence-electron chi connectivity index (χ0n) is 14.7. The normalized spacial score (nSPS) is 27.1. The molecule has 0 bridgehead atoms. The van der Waals surface area contributed by atoms with Gasteiger partial charge in [0.25, 0.3) is 0 Å². The number of carbonyl (C=O) groups is 1. The third-order valence-electron chi connectivity index (χ3n) is 5.56. The first-order chi connectivity index (χ1) is 11.7. The number of hydrogen-bond donors (Lipinski definition) is 2. The van der Waals surface area contributed by atoms with Gasteiger partial charge < -0.3 is 16.0 Å². The highest BCUT2D eigenvalue weighted by Gasteiger charge is 2.33. The van der Waals surface area contributed by atoms with Crippen molar-refractivity contribution in [3.63, 3.8) is 0 Å². The van der Waals surface area contributed by atoms with Crippen LogP contribution < -0.4 is 11.1 Å². The van der Waals surface area contributed by atoms with E-state index < -0.39 is 0 Å². The van der Waals surface area contributed by atoms with E-state index in [-0.39, 0.29) is 18.0 Å². The maximum absolute atomic E-state index is 13.1. The molecule has 0 aromatic heterocycles.